The summed E-state index contributed by atoms with van der Waals surface area (Å²) < 4.78 is 43.3. The van der Waals surface area contributed by atoms with Crippen LogP contribution in [0.3, 0.4) is 0 Å². The number of methoxy groups -OCH3 is 2. The lowest BCUT2D eigenvalue weighted by Crippen LogP contribution is -2.49. The van der Waals surface area contributed by atoms with Crippen LogP contribution in [0.1, 0.15) is 26.3 Å². The molecule has 1 aliphatic rings. The molecular formula is C26H24N2O8S. The largest absolute Gasteiger partial charge is 0.476 e. The number of nitrogens with one attached hydrogen (secondary N) is 1. The molecular weight excluding hydrogens is 500 g/mol. The third-order valence-electron chi connectivity index (χ3n) is 5.66. The van der Waals surface area contributed by atoms with E-state index in [9.17, 15) is 22.8 Å². The van der Waals surface area contributed by atoms with Crippen LogP contribution in [-0.2, 0) is 30.0 Å². The van der Waals surface area contributed by atoms with Crippen LogP contribution < -0.4 is 14.4 Å². The molecule has 0 unspecified atom stereocenters. The monoisotopic (exact) mass is 524 g/mol. The highest BCUT2D eigenvalue weighted by atomic mass is 32.2. The van der Waals surface area contributed by atoms with Gasteiger partial charge in [-0.1, -0.05) is 42.5 Å². The van der Waals surface area contributed by atoms with Crippen LogP contribution in [0.25, 0.3) is 0 Å². The fourth-order valence-corrected chi connectivity index (χ4v) is 5.44. The molecule has 0 fully saturated rings. The van der Waals surface area contributed by atoms with Gasteiger partial charge in [-0.05, 0) is 35.9 Å². The Kier molecular flexibility index (Phi) is 7.44. The van der Waals surface area contributed by atoms with Crippen LogP contribution in [0.4, 0.5) is 11.4 Å². The smallest absolute Gasteiger partial charge is 0.339 e. The average Bonchev–Trinajstić information content (AvgIpc) is 2.91. The average molecular weight is 525 g/mol. The van der Waals surface area contributed by atoms with E-state index in [0.717, 1.165) is 4.31 Å². The molecule has 3 aromatic carbocycles. The van der Waals surface area contributed by atoms with Crippen LogP contribution >= 0.6 is 0 Å². The number of rotatable bonds is 7. The van der Waals surface area contributed by atoms with Gasteiger partial charge in [0.25, 0.3) is 5.91 Å². The summed E-state index contributed by atoms with van der Waals surface area (Å²) in [4.78, 5) is 37.5. The van der Waals surface area contributed by atoms with Crippen molar-refractivity contribution in [2.45, 2.75) is 11.9 Å². The number of carbonyl (C=O) groups excluding carboxylic acids is 3. The molecule has 0 aromatic heterocycles. The minimum absolute atomic E-state index is 0.00623. The number of anilines is 2. The molecule has 37 heavy (non-hydrogen) atoms. The van der Waals surface area contributed by atoms with E-state index in [1.807, 2.05) is 0 Å². The third kappa shape index (κ3) is 5.56. The van der Waals surface area contributed by atoms with E-state index < -0.39 is 34.0 Å². The number of sulfonamides is 1. The van der Waals surface area contributed by atoms with Gasteiger partial charge in [0.2, 0.25) is 10.0 Å². The van der Waals surface area contributed by atoms with Crippen LogP contribution in [0.2, 0.25) is 0 Å². The highest BCUT2D eigenvalue weighted by molar-refractivity contribution is 7.92. The number of hydrogen-bond acceptors (Lipinski definition) is 8. The number of amides is 1. The van der Waals surface area contributed by atoms with Crippen LogP contribution in [-0.4, -0.2) is 53.1 Å². The molecule has 0 bridgehead atoms. The van der Waals surface area contributed by atoms with E-state index in [4.69, 9.17) is 14.2 Å². The van der Waals surface area contributed by atoms with Gasteiger partial charge in [0, 0.05) is 0 Å². The molecule has 0 radical (unpaired) electrons. The van der Waals surface area contributed by atoms with Crippen molar-refractivity contribution in [1.29, 1.82) is 0 Å². The van der Waals surface area contributed by atoms with Gasteiger partial charge >= 0.3 is 11.9 Å². The molecule has 0 saturated heterocycles. The van der Waals surface area contributed by atoms with E-state index in [1.54, 1.807) is 54.6 Å². The summed E-state index contributed by atoms with van der Waals surface area (Å²) in [5.74, 6) is -2.20. The summed E-state index contributed by atoms with van der Waals surface area (Å²) in [5.41, 5.74) is 0.974. The first-order chi connectivity index (χ1) is 17.7. The highest BCUT2D eigenvalue weighted by Crippen LogP contribution is 2.36. The Morgan fingerprint density at radius 3 is 2.32 bits per heavy atom. The standard InChI is InChI=1S/C26H24N2O8S/c1-34-25(30)18-12-13-19(26(31)35-2)20(14-18)27-24(29)23-15-28(21-10-6-7-11-22(21)36-23)37(32,33)16-17-8-4-3-5-9-17/h3-14,23H,15-16H2,1-2H3,(H,27,29)/t23-/m1/s1. The second kappa shape index (κ2) is 10.7. The molecule has 0 spiro atoms. The van der Waals surface area contributed by atoms with E-state index in [2.05, 4.69) is 5.32 Å². The summed E-state index contributed by atoms with van der Waals surface area (Å²) in [6.45, 7) is -0.303. The topological polar surface area (TPSA) is 128 Å². The molecule has 192 valence electrons. The fourth-order valence-electron chi connectivity index (χ4n) is 3.86. The molecule has 1 aliphatic heterocycles. The second-order valence-corrected chi connectivity index (χ2v) is 9.97. The molecule has 3 aromatic rings. The summed E-state index contributed by atoms with van der Waals surface area (Å²) >= 11 is 0. The number of para-hydroxylation sites is 2. The lowest BCUT2D eigenvalue weighted by molar-refractivity contribution is -0.122. The molecule has 1 N–H and O–H groups in total. The molecule has 0 saturated carbocycles. The van der Waals surface area contributed by atoms with Crippen molar-refractivity contribution >= 4 is 39.2 Å². The molecule has 1 heterocycles. The summed E-state index contributed by atoms with van der Waals surface area (Å²) in [7, 11) is -1.52. The van der Waals surface area contributed by atoms with Crippen molar-refractivity contribution in [2.75, 3.05) is 30.4 Å². The highest BCUT2D eigenvalue weighted by Gasteiger charge is 2.37. The van der Waals surface area contributed by atoms with E-state index in [1.165, 1.54) is 32.4 Å². The number of nitrogens with zero attached hydrogens (tertiary/aromatic N) is 1. The zero-order valence-electron chi connectivity index (χ0n) is 20.0. The molecule has 0 aliphatic carbocycles. The molecule has 10 nitrogen and oxygen atoms in total. The normalized spacial score (nSPS) is 14.6. The lowest BCUT2D eigenvalue weighted by atomic mass is 10.1. The zero-order chi connectivity index (χ0) is 26.6. The quantitative estimate of drug-likeness (QED) is 0.467. The van der Waals surface area contributed by atoms with Crippen molar-refractivity contribution in [2.24, 2.45) is 0 Å². The maximum Gasteiger partial charge on any atom is 0.339 e. The number of benzene rings is 3. The van der Waals surface area contributed by atoms with Gasteiger partial charge in [0.1, 0.15) is 5.75 Å². The Morgan fingerprint density at radius 1 is 0.946 bits per heavy atom. The van der Waals surface area contributed by atoms with E-state index in [-0.39, 0.29) is 34.9 Å². The molecule has 1 amide bonds. The summed E-state index contributed by atoms with van der Waals surface area (Å²) in [6.07, 6.45) is -1.26. The first kappa shape index (κ1) is 25.7. The Hall–Kier alpha value is -4.38. The van der Waals surface area contributed by atoms with Crippen molar-refractivity contribution in [3.8, 4) is 5.75 Å². The van der Waals surface area contributed by atoms with Gasteiger partial charge in [-0.3, -0.25) is 9.10 Å². The predicted molar refractivity (Wildman–Crippen MR) is 135 cm³/mol. The van der Waals surface area contributed by atoms with Gasteiger partial charge in [-0.25, -0.2) is 18.0 Å². The minimum atomic E-state index is -3.90. The summed E-state index contributed by atoms with van der Waals surface area (Å²) in [5, 5.41) is 2.57. The number of carbonyl (C=O) groups is 3. The number of esters is 2. The lowest BCUT2D eigenvalue weighted by Gasteiger charge is -2.34. The Morgan fingerprint density at radius 2 is 1.62 bits per heavy atom. The maximum absolute atomic E-state index is 13.4. The summed E-state index contributed by atoms with van der Waals surface area (Å²) in [6, 6.07) is 19.2. The van der Waals surface area contributed by atoms with Gasteiger partial charge in [-0.2, -0.15) is 0 Å². The first-order valence-electron chi connectivity index (χ1n) is 11.1. The number of ether oxygens (including phenoxy) is 3. The number of hydrogen-bond donors (Lipinski definition) is 1. The zero-order valence-corrected chi connectivity index (χ0v) is 20.9. The fraction of sp³-hybridized carbons (Fsp3) is 0.192. The Balaban J connectivity index is 1.65. The van der Waals surface area contributed by atoms with Gasteiger partial charge in [0.05, 0.1) is 49.0 Å². The van der Waals surface area contributed by atoms with E-state index in [0.29, 0.717) is 11.3 Å². The van der Waals surface area contributed by atoms with Gasteiger partial charge < -0.3 is 19.5 Å². The Bertz CT molecular complexity index is 1440. The van der Waals surface area contributed by atoms with Gasteiger partial charge in [0.15, 0.2) is 6.10 Å². The van der Waals surface area contributed by atoms with Crippen molar-refractivity contribution in [3.05, 3.63) is 89.5 Å². The maximum atomic E-state index is 13.4. The van der Waals surface area contributed by atoms with Crippen LogP contribution in [0, 0.1) is 0 Å². The van der Waals surface area contributed by atoms with Crippen molar-refractivity contribution in [1.82, 2.24) is 0 Å². The van der Waals surface area contributed by atoms with Crippen LogP contribution in [0.15, 0.2) is 72.8 Å². The number of fused-ring (bicyclic) bond motifs is 1. The predicted octanol–water partition coefficient (Wildman–Crippen LogP) is 3.00. The van der Waals surface area contributed by atoms with Crippen LogP contribution in [0.5, 0.6) is 5.75 Å². The SMILES string of the molecule is COC(=O)c1ccc(C(=O)OC)c(NC(=O)[C@H]2CN(S(=O)(=O)Cc3ccccc3)c3ccccc3O2)c1. The minimum Gasteiger partial charge on any atom is -0.476 e. The molecule has 1 atom stereocenters. The van der Waals surface area contributed by atoms with Crippen molar-refractivity contribution < 1.29 is 37.0 Å². The van der Waals surface area contributed by atoms with E-state index >= 15 is 0 Å². The molecule has 4 rings (SSSR count). The van der Waals surface area contributed by atoms with Gasteiger partial charge in [-0.15, -0.1) is 0 Å². The second-order valence-electron chi connectivity index (χ2n) is 8.08. The molecule has 11 heteroatoms. The van der Waals surface area contributed by atoms with Crippen molar-refractivity contribution in [3.63, 3.8) is 0 Å². The Labute approximate surface area is 213 Å². The third-order valence-corrected chi connectivity index (χ3v) is 7.37. The first-order valence-corrected chi connectivity index (χ1v) is 12.8.